The molecule has 1 atom stereocenters. The molecule has 3 rings (SSSR count). The number of anilines is 1. The van der Waals surface area contributed by atoms with Crippen LogP contribution >= 0.6 is 11.6 Å². The van der Waals surface area contributed by atoms with E-state index >= 15 is 0 Å². The molecule has 1 aliphatic rings. The quantitative estimate of drug-likeness (QED) is 0.636. The maximum Gasteiger partial charge on any atom is 0.191 e. The first-order valence-corrected chi connectivity index (χ1v) is 9.11. The molecule has 0 amide bonds. The maximum atomic E-state index is 5.92. The van der Waals surface area contributed by atoms with Crippen molar-refractivity contribution in [1.82, 2.24) is 10.6 Å². The number of hydrogen-bond acceptors (Lipinski definition) is 2. The number of hydrogen-bond donors (Lipinski definition) is 2. The summed E-state index contributed by atoms with van der Waals surface area (Å²) in [6.07, 6.45) is 1.20. The Bertz CT molecular complexity index is 685. The molecule has 1 fully saturated rings. The van der Waals surface area contributed by atoms with E-state index in [0.717, 1.165) is 37.2 Å². The van der Waals surface area contributed by atoms with Crippen molar-refractivity contribution in [2.75, 3.05) is 31.6 Å². The summed E-state index contributed by atoms with van der Waals surface area (Å²) >= 11 is 5.92. The highest BCUT2D eigenvalue weighted by molar-refractivity contribution is 6.30. The van der Waals surface area contributed by atoms with Crippen LogP contribution in [0.5, 0.6) is 0 Å². The van der Waals surface area contributed by atoms with Gasteiger partial charge in [-0.25, -0.2) is 0 Å². The lowest BCUT2D eigenvalue weighted by Gasteiger charge is -2.19. The number of nitrogens with zero attached hydrogens (tertiary/aromatic N) is 2. The zero-order valence-corrected chi connectivity index (χ0v) is 15.3. The van der Waals surface area contributed by atoms with Crippen LogP contribution in [0.25, 0.3) is 0 Å². The summed E-state index contributed by atoms with van der Waals surface area (Å²) in [7, 11) is 1.81. The van der Waals surface area contributed by atoms with Crippen molar-refractivity contribution in [1.29, 1.82) is 0 Å². The third-order valence-electron chi connectivity index (χ3n) is 4.56. The fraction of sp³-hybridized carbons (Fsp3) is 0.350. The van der Waals surface area contributed by atoms with Gasteiger partial charge in [0.1, 0.15) is 0 Å². The molecule has 2 aromatic carbocycles. The molecule has 1 aliphatic heterocycles. The van der Waals surface area contributed by atoms with Crippen LogP contribution in [0.4, 0.5) is 5.69 Å². The molecule has 1 unspecified atom stereocenters. The van der Waals surface area contributed by atoms with Gasteiger partial charge in [-0.1, -0.05) is 41.9 Å². The maximum absolute atomic E-state index is 5.92. The van der Waals surface area contributed by atoms with Gasteiger partial charge in [-0.15, -0.1) is 0 Å². The molecule has 0 radical (unpaired) electrons. The molecule has 0 aliphatic carbocycles. The third kappa shape index (κ3) is 5.13. The van der Waals surface area contributed by atoms with E-state index in [-0.39, 0.29) is 0 Å². The van der Waals surface area contributed by atoms with Crippen molar-refractivity contribution in [3.05, 3.63) is 65.2 Å². The van der Waals surface area contributed by atoms with E-state index in [1.807, 2.05) is 31.3 Å². The van der Waals surface area contributed by atoms with Gasteiger partial charge in [0.25, 0.3) is 0 Å². The molecule has 0 bridgehead atoms. The molecule has 4 nitrogen and oxygen atoms in total. The van der Waals surface area contributed by atoms with Gasteiger partial charge in [0.2, 0.25) is 0 Å². The fourth-order valence-corrected chi connectivity index (χ4v) is 3.25. The average Bonchev–Trinajstić information content (AvgIpc) is 3.13. The highest BCUT2D eigenvalue weighted by atomic mass is 35.5. The Hall–Kier alpha value is -2.20. The number of benzene rings is 2. The van der Waals surface area contributed by atoms with E-state index in [2.05, 4.69) is 50.9 Å². The minimum absolute atomic E-state index is 0.634. The summed E-state index contributed by atoms with van der Waals surface area (Å²) in [4.78, 5) is 6.77. The van der Waals surface area contributed by atoms with Crippen LogP contribution in [0.15, 0.2) is 59.6 Å². The second-order valence-corrected chi connectivity index (χ2v) is 6.81. The Balaban J connectivity index is 1.43. The topological polar surface area (TPSA) is 39.7 Å². The van der Waals surface area contributed by atoms with Crippen molar-refractivity contribution in [3.63, 3.8) is 0 Å². The molecule has 5 heteroatoms. The highest BCUT2D eigenvalue weighted by Gasteiger charge is 2.22. The minimum Gasteiger partial charge on any atom is -0.371 e. The molecule has 132 valence electrons. The standard InChI is InChI=1S/C20H25ClN4/c1-22-20(23-13-16-7-9-18(21)10-8-16)24-14-17-11-12-25(15-17)19-5-3-2-4-6-19/h2-10,17H,11-15H2,1H3,(H2,22,23,24). The van der Waals surface area contributed by atoms with Crippen LogP contribution in [-0.4, -0.2) is 32.6 Å². The summed E-state index contributed by atoms with van der Waals surface area (Å²) in [6.45, 7) is 3.87. The van der Waals surface area contributed by atoms with E-state index in [9.17, 15) is 0 Å². The van der Waals surface area contributed by atoms with Crippen LogP contribution in [0.2, 0.25) is 5.02 Å². The molecule has 2 aromatic rings. The summed E-state index contributed by atoms with van der Waals surface area (Å²) in [5, 5.41) is 7.57. The van der Waals surface area contributed by atoms with Gasteiger partial charge in [-0.3, -0.25) is 4.99 Å². The summed E-state index contributed by atoms with van der Waals surface area (Å²) in [5.41, 5.74) is 2.50. The summed E-state index contributed by atoms with van der Waals surface area (Å²) < 4.78 is 0. The smallest absolute Gasteiger partial charge is 0.191 e. The molecule has 0 aromatic heterocycles. The zero-order chi connectivity index (χ0) is 17.5. The molecule has 1 heterocycles. The van der Waals surface area contributed by atoms with Crippen LogP contribution in [-0.2, 0) is 6.54 Å². The number of rotatable bonds is 5. The van der Waals surface area contributed by atoms with Gasteiger partial charge in [0.15, 0.2) is 5.96 Å². The van der Waals surface area contributed by atoms with E-state index in [0.29, 0.717) is 5.92 Å². The van der Waals surface area contributed by atoms with Crippen molar-refractivity contribution in [2.24, 2.45) is 10.9 Å². The molecule has 0 spiro atoms. The second kappa shape index (κ2) is 8.77. The van der Waals surface area contributed by atoms with E-state index < -0.39 is 0 Å². The molecule has 25 heavy (non-hydrogen) atoms. The predicted octanol–water partition coefficient (Wildman–Crippen LogP) is 3.53. The number of halogens is 1. The third-order valence-corrected chi connectivity index (χ3v) is 4.81. The fourth-order valence-electron chi connectivity index (χ4n) is 3.12. The van der Waals surface area contributed by atoms with E-state index in [4.69, 9.17) is 11.6 Å². The second-order valence-electron chi connectivity index (χ2n) is 6.37. The van der Waals surface area contributed by atoms with E-state index in [1.54, 1.807) is 0 Å². The molecule has 1 saturated heterocycles. The predicted molar refractivity (Wildman–Crippen MR) is 106 cm³/mol. The first kappa shape index (κ1) is 17.6. The van der Waals surface area contributed by atoms with Crippen molar-refractivity contribution >= 4 is 23.2 Å². The van der Waals surface area contributed by atoms with Gasteiger partial charge >= 0.3 is 0 Å². The number of para-hydroxylation sites is 1. The Morgan fingerprint density at radius 3 is 2.60 bits per heavy atom. The normalized spacial score (nSPS) is 17.6. The monoisotopic (exact) mass is 356 g/mol. The Labute approximate surface area is 154 Å². The Morgan fingerprint density at radius 2 is 1.88 bits per heavy atom. The minimum atomic E-state index is 0.634. The molecule has 0 saturated carbocycles. The largest absolute Gasteiger partial charge is 0.371 e. The lowest BCUT2D eigenvalue weighted by atomic mass is 10.1. The van der Waals surface area contributed by atoms with Crippen LogP contribution in [0.1, 0.15) is 12.0 Å². The highest BCUT2D eigenvalue weighted by Crippen LogP contribution is 2.22. The first-order chi connectivity index (χ1) is 12.2. The summed E-state index contributed by atoms with van der Waals surface area (Å²) in [6, 6.07) is 18.5. The first-order valence-electron chi connectivity index (χ1n) is 8.73. The van der Waals surface area contributed by atoms with Gasteiger partial charge in [-0.05, 0) is 42.2 Å². The Kier molecular flexibility index (Phi) is 6.18. The average molecular weight is 357 g/mol. The molecular formula is C20H25ClN4. The van der Waals surface area contributed by atoms with Crippen LogP contribution in [0.3, 0.4) is 0 Å². The number of aliphatic imine (C=N–C) groups is 1. The van der Waals surface area contributed by atoms with Gasteiger partial charge in [-0.2, -0.15) is 0 Å². The lowest BCUT2D eigenvalue weighted by molar-refractivity contribution is 0.565. The zero-order valence-electron chi connectivity index (χ0n) is 14.6. The SMILES string of the molecule is CN=C(NCc1ccc(Cl)cc1)NCC1CCN(c2ccccc2)C1. The van der Waals surface area contributed by atoms with Crippen molar-refractivity contribution < 1.29 is 0 Å². The summed E-state index contributed by atoms with van der Waals surface area (Å²) in [5.74, 6) is 1.47. The van der Waals surface area contributed by atoms with Crippen molar-refractivity contribution in [2.45, 2.75) is 13.0 Å². The van der Waals surface area contributed by atoms with Gasteiger partial charge < -0.3 is 15.5 Å². The van der Waals surface area contributed by atoms with E-state index in [1.165, 1.54) is 17.7 Å². The molecule has 2 N–H and O–H groups in total. The number of guanidine groups is 1. The number of nitrogens with one attached hydrogen (secondary N) is 2. The van der Waals surface area contributed by atoms with Gasteiger partial charge in [0, 0.05) is 43.9 Å². The van der Waals surface area contributed by atoms with Gasteiger partial charge in [0.05, 0.1) is 0 Å². The molecular weight excluding hydrogens is 332 g/mol. The van der Waals surface area contributed by atoms with Crippen LogP contribution < -0.4 is 15.5 Å². The van der Waals surface area contributed by atoms with Crippen molar-refractivity contribution in [3.8, 4) is 0 Å². The van der Waals surface area contributed by atoms with Crippen LogP contribution in [0, 0.1) is 5.92 Å². The lowest BCUT2D eigenvalue weighted by Crippen LogP contribution is -2.39. The Morgan fingerprint density at radius 1 is 1.12 bits per heavy atom.